The third-order valence-corrected chi connectivity index (χ3v) is 2.24. The Morgan fingerprint density at radius 2 is 2.38 bits per heavy atom. The van der Waals surface area contributed by atoms with Gasteiger partial charge in [0.2, 0.25) is 11.8 Å². The van der Waals surface area contributed by atoms with Gasteiger partial charge in [-0.25, -0.2) is 0 Å². The molecule has 0 radical (unpaired) electrons. The van der Waals surface area contributed by atoms with Crippen LogP contribution in [0, 0.1) is 0 Å². The second-order valence-electron chi connectivity index (χ2n) is 3.19. The SMILES string of the molecule is C=Cc1nnc(C2CCCCN2)o1. The van der Waals surface area contributed by atoms with E-state index in [0.29, 0.717) is 11.8 Å². The van der Waals surface area contributed by atoms with Crippen molar-refractivity contribution in [2.45, 2.75) is 25.3 Å². The first-order valence-corrected chi connectivity index (χ1v) is 4.59. The van der Waals surface area contributed by atoms with Gasteiger partial charge in [-0.3, -0.25) is 0 Å². The van der Waals surface area contributed by atoms with E-state index in [2.05, 4.69) is 22.1 Å². The average molecular weight is 179 g/mol. The highest BCUT2D eigenvalue weighted by Gasteiger charge is 2.19. The molecule has 0 aliphatic carbocycles. The highest BCUT2D eigenvalue weighted by molar-refractivity contribution is 5.32. The van der Waals surface area contributed by atoms with Crippen molar-refractivity contribution in [1.82, 2.24) is 15.5 Å². The quantitative estimate of drug-likeness (QED) is 0.748. The normalized spacial score (nSPS) is 22.9. The number of hydrogen-bond acceptors (Lipinski definition) is 4. The fourth-order valence-corrected chi connectivity index (χ4v) is 1.53. The Morgan fingerprint density at radius 1 is 1.46 bits per heavy atom. The summed E-state index contributed by atoms with van der Waals surface area (Å²) in [5.41, 5.74) is 0. The standard InChI is InChI=1S/C9H13N3O/c1-2-8-11-12-9(13-8)7-5-3-4-6-10-7/h2,7,10H,1,3-6H2. The molecule has 1 aromatic rings. The largest absolute Gasteiger partial charge is 0.420 e. The Bertz CT molecular complexity index is 289. The zero-order chi connectivity index (χ0) is 9.10. The van der Waals surface area contributed by atoms with Crippen molar-refractivity contribution in [3.05, 3.63) is 18.4 Å². The van der Waals surface area contributed by atoms with Gasteiger partial charge in [0.05, 0.1) is 6.04 Å². The maximum absolute atomic E-state index is 5.37. The summed E-state index contributed by atoms with van der Waals surface area (Å²) in [7, 11) is 0. The lowest BCUT2D eigenvalue weighted by Gasteiger charge is -2.19. The Hall–Kier alpha value is -1.16. The molecule has 2 rings (SSSR count). The van der Waals surface area contributed by atoms with Crippen molar-refractivity contribution in [3.63, 3.8) is 0 Å². The second kappa shape index (κ2) is 3.70. The van der Waals surface area contributed by atoms with Gasteiger partial charge in [-0.2, -0.15) is 0 Å². The summed E-state index contributed by atoms with van der Waals surface area (Å²) < 4.78 is 5.37. The number of piperidine rings is 1. The van der Waals surface area contributed by atoms with Crippen LogP contribution < -0.4 is 5.32 Å². The summed E-state index contributed by atoms with van der Waals surface area (Å²) in [4.78, 5) is 0. The average Bonchev–Trinajstić information content (AvgIpc) is 2.67. The summed E-state index contributed by atoms with van der Waals surface area (Å²) in [6.45, 7) is 4.61. The number of aromatic nitrogens is 2. The Kier molecular flexibility index (Phi) is 2.40. The number of hydrogen-bond donors (Lipinski definition) is 1. The van der Waals surface area contributed by atoms with Crippen LogP contribution in [0.4, 0.5) is 0 Å². The summed E-state index contributed by atoms with van der Waals surface area (Å²) in [5.74, 6) is 1.19. The van der Waals surface area contributed by atoms with Gasteiger partial charge >= 0.3 is 0 Å². The van der Waals surface area contributed by atoms with E-state index in [4.69, 9.17) is 4.42 Å². The Balaban J connectivity index is 2.09. The molecule has 2 heterocycles. The van der Waals surface area contributed by atoms with Gasteiger partial charge in [-0.1, -0.05) is 13.0 Å². The highest BCUT2D eigenvalue weighted by atomic mass is 16.4. The third-order valence-electron chi connectivity index (χ3n) is 2.24. The number of nitrogens with one attached hydrogen (secondary N) is 1. The van der Waals surface area contributed by atoms with Crippen LogP contribution >= 0.6 is 0 Å². The molecule has 1 aliphatic heterocycles. The molecule has 13 heavy (non-hydrogen) atoms. The van der Waals surface area contributed by atoms with Crippen LogP contribution in [0.15, 0.2) is 11.0 Å². The van der Waals surface area contributed by atoms with E-state index in [0.717, 1.165) is 13.0 Å². The Labute approximate surface area is 77.0 Å². The lowest BCUT2D eigenvalue weighted by atomic mass is 10.1. The van der Waals surface area contributed by atoms with Gasteiger partial charge in [0.25, 0.3) is 0 Å². The molecule has 0 spiro atoms. The molecule has 0 aromatic carbocycles. The minimum atomic E-state index is 0.245. The molecule has 1 N–H and O–H groups in total. The molecule has 0 bridgehead atoms. The zero-order valence-corrected chi connectivity index (χ0v) is 7.49. The molecule has 0 saturated carbocycles. The van der Waals surface area contributed by atoms with Gasteiger partial charge in [-0.15, -0.1) is 10.2 Å². The molecule has 1 atom stereocenters. The molecule has 1 saturated heterocycles. The first-order chi connectivity index (χ1) is 6.40. The summed E-state index contributed by atoms with van der Waals surface area (Å²) in [6, 6.07) is 0.245. The minimum Gasteiger partial charge on any atom is -0.420 e. The Morgan fingerprint density at radius 3 is 3.00 bits per heavy atom. The van der Waals surface area contributed by atoms with Gasteiger partial charge in [0, 0.05) is 0 Å². The van der Waals surface area contributed by atoms with Crippen molar-refractivity contribution in [2.75, 3.05) is 6.54 Å². The van der Waals surface area contributed by atoms with Crippen molar-refractivity contribution >= 4 is 6.08 Å². The zero-order valence-electron chi connectivity index (χ0n) is 7.49. The summed E-state index contributed by atoms with van der Waals surface area (Å²) in [6.07, 6.45) is 5.11. The van der Waals surface area contributed by atoms with Crippen LogP contribution in [0.25, 0.3) is 6.08 Å². The summed E-state index contributed by atoms with van der Waals surface area (Å²) >= 11 is 0. The maximum atomic E-state index is 5.37. The fourth-order valence-electron chi connectivity index (χ4n) is 1.53. The lowest BCUT2D eigenvalue weighted by Crippen LogP contribution is -2.26. The van der Waals surface area contributed by atoms with Crippen molar-refractivity contribution in [3.8, 4) is 0 Å². The molecule has 1 unspecified atom stereocenters. The van der Waals surface area contributed by atoms with Crippen LogP contribution in [0.1, 0.15) is 37.1 Å². The molecule has 4 heteroatoms. The molecular weight excluding hydrogens is 166 g/mol. The second-order valence-corrected chi connectivity index (χ2v) is 3.19. The predicted octanol–water partition coefficient (Wildman–Crippen LogP) is 1.53. The number of rotatable bonds is 2. The molecule has 4 nitrogen and oxygen atoms in total. The van der Waals surface area contributed by atoms with Crippen molar-refractivity contribution in [2.24, 2.45) is 0 Å². The topological polar surface area (TPSA) is 51.0 Å². The minimum absolute atomic E-state index is 0.245. The van der Waals surface area contributed by atoms with Crippen LogP contribution in [0.3, 0.4) is 0 Å². The van der Waals surface area contributed by atoms with Crippen molar-refractivity contribution in [1.29, 1.82) is 0 Å². The molecule has 0 amide bonds. The number of nitrogens with zero attached hydrogens (tertiary/aromatic N) is 2. The van der Waals surface area contributed by atoms with Gasteiger partial charge in [0.1, 0.15) is 0 Å². The molecule has 1 aliphatic rings. The monoisotopic (exact) mass is 179 g/mol. The van der Waals surface area contributed by atoms with E-state index in [1.807, 2.05) is 0 Å². The van der Waals surface area contributed by atoms with Crippen LogP contribution in [0.2, 0.25) is 0 Å². The van der Waals surface area contributed by atoms with Gasteiger partial charge in [-0.05, 0) is 25.5 Å². The summed E-state index contributed by atoms with van der Waals surface area (Å²) in [5, 5.41) is 11.1. The van der Waals surface area contributed by atoms with E-state index in [9.17, 15) is 0 Å². The first-order valence-electron chi connectivity index (χ1n) is 4.59. The van der Waals surface area contributed by atoms with Crippen LogP contribution in [-0.2, 0) is 0 Å². The van der Waals surface area contributed by atoms with Crippen LogP contribution in [0.5, 0.6) is 0 Å². The highest BCUT2D eigenvalue weighted by Crippen LogP contribution is 2.21. The van der Waals surface area contributed by atoms with Gasteiger partial charge in [0.15, 0.2) is 0 Å². The molecule has 1 aromatic heterocycles. The lowest BCUT2D eigenvalue weighted by molar-refractivity contribution is 0.337. The van der Waals surface area contributed by atoms with E-state index in [-0.39, 0.29) is 6.04 Å². The van der Waals surface area contributed by atoms with Gasteiger partial charge < -0.3 is 9.73 Å². The fraction of sp³-hybridized carbons (Fsp3) is 0.556. The van der Waals surface area contributed by atoms with Crippen LogP contribution in [-0.4, -0.2) is 16.7 Å². The first kappa shape index (κ1) is 8.44. The maximum Gasteiger partial charge on any atom is 0.240 e. The molecular formula is C9H13N3O. The predicted molar refractivity (Wildman–Crippen MR) is 49.0 cm³/mol. The smallest absolute Gasteiger partial charge is 0.240 e. The van der Waals surface area contributed by atoms with Crippen molar-refractivity contribution < 1.29 is 4.42 Å². The van der Waals surface area contributed by atoms with E-state index in [1.165, 1.54) is 12.8 Å². The molecule has 1 fully saturated rings. The van der Waals surface area contributed by atoms with E-state index < -0.39 is 0 Å². The van der Waals surface area contributed by atoms with E-state index >= 15 is 0 Å². The molecule has 70 valence electrons. The third kappa shape index (κ3) is 1.78. The van der Waals surface area contributed by atoms with E-state index in [1.54, 1.807) is 6.08 Å².